The summed E-state index contributed by atoms with van der Waals surface area (Å²) in [4.78, 5) is 39.9. The number of benzene rings is 3. The Kier molecular flexibility index (Phi) is 6.31. The van der Waals surface area contributed by atoms with Gasteiger partial charge in [0.05, 0.1) is 35.4 Å². The van der Waals surface area contributed by atoms with Crippen molar-refractivity contribution < 1.29 is 27.5 Å². The fraction of sp³-hybridized carbons (Fsp3) is 0.160. The van der Waals surface area contributed by atoms with Gasteiger partial charge in [0.25, 0.3) is 17.7 Å². The van der Waals surface area contributed by atoms with Crippen LogP contribution in [0, 0.1) is 6.92 Å². The summed E-state index contributed by atoms with van der Waals surface area (Å²) in [6.45, 7) is 4.09. The van der Waals surface area contributed by atoms with Gasteiger partial charge in [-0.25, -0.2) is 13.3 Å². The fourth-order valence-electron chi connectivity index (χ4n) is 3.69. The number of hydrogen-bond acceptors (Lipinski definition) is 6. The number of sulfonamides is 1. The molecule has 2 N–H and O–H groups in total. The third kappa shape index (κ3) is 5.02. The second kappa shape index (κ2) is 9.22. The summed E-state index contributed by atoms with van der Waals surface area (Å²) in [5.74, 6) is -0.894. The lowest BCUT2D eigenvalue weighted by Gasteiger charge is -2.14. The van der Waals surface area contributed by atoms with Crippen molar-refractivity contribution in [1.82, 2.24) is 0 Å². The highest BCUT2D eigenvalue weighted by Gasteiger charge is 2.37. The van der Waals surface area contributed by atoms with Gasteiger partial charge in [-0.15, -0.1) is 0 Å². The number of ether oxygens (including phenoxy) is 1. The van der Waals surface area contributed by atoms with E-state index in [-0.39, 0.29) is 16.7 Å². The number of nitrogens with one attached hydrogen (secondary N) is 2. The van der Waals surface area contributed by atoms with Crippen molar-refractivity contribution in [2.75, 3.05) is 27.8 Å². The lowest BCUT2D eigenvalue weighted by molar-refractivity contribution is 0.0925. The van der Waals surface area contributed by atoms with Crippen LogP contribution in [0.1, 0.15) is 43.6 Å². The Bertz CT molecular complexity index is 1450. The molecule has 0 bridgehead atoms. The maximum absolute atomic E-state index is 13.0. The van der Waals surface area contributed by atoms with Crippen molar-refractivity contribution in [3.8, 4) is 5.75 Å². The molecule has 3 aromatic carbocycles. The number of hydrogen-bond donors (Lipinski definition) is 2. The molecule has 3 aromatic rings. The Morgan fingerprint density at radius 1 is 0.943 bits per heavy atom. The van der Waals surface area contributed by atoms with Gasteiger partial charge in [-0.1, -0.05) is 6.07 Å². The molecule has 180 valence electrons. The molecule has 10 heteroatoms. The number of aryl methyl sites for hydroxylation is 1. The van der Waals surface area contributed by atoms with Gasteiger partial charge >= 0.3 is 0 Å². The zero-order chi connectivity index (χ0) is 25.3. The van der Waals surface area contributed by atoms with Crippen LogP contribution in [0.3, 0.4) is 0 Å². The number of amides is 3. The van der Waals surface area contributed by atoms with E-state index >= 15 is 0 Å². The van der Waals surface area contributed by atoms with Gasteiger partial charge in [-0.05, 0) is 74.0 Å². The maximum Gasteiger partial charge on any atom is 0.266 e. The molecule has 0 spiro atoms. The van der Waals surface area contributed by atoms with E-state index in [9.17, 15) is 22.8 Å². The molecule has 3 amide bonds. The Balaban J connectivity index is 1.56. The van der Waals surface area contributed by atoms with Crippen LogP contribution in [0.25, 0.3) is 0 Å². The highest BCUT2D eigenvalue weighted by molar-refractivity contribution is 7.92. The van der Waals surface area contributed by atoms with Crippen LogP contribution < -0.4 is 19.7 Å². The molecule has 0 saturated heterocycles. The standard InChI is InChI=1S/C25H23N3O6S/c1-4-34-19-10-8-18(9-11-19)28-24(30)20-12-6-16(13-21(20)25(28)31)23(29)26-17-7-5-15(2)22(14-17)27-35(3,32)33/h5-14,27H,4H2,1-3H3,(H,26,29). The fourth-order valence-corrected chi connectivity index (χ4v) is 4.31. The number of fused-ring (bicyclic) bond motifs is 1. The lowest BCUT2D eigenvalue weighted by atomic mass is 10.1. The van der Waals surface area contributed by atoms with Gasteiger partial charge in [0.1, 0.15) is 5.75 Å². The van der Waals surface area contributed by atoms with Crippen LogP contribution in [0.4, 0.5) is 17.1 Å². The Morgan fingerprint density at radius 3 is 2.29 bits per heavy atom. The maximum atomic E-state index is 13.0. The van der Waals surface area contributed by atoms with Crippen LogP contribution in [-0.4, -0.2) is 39.0 Å². The van der Waals surface area contributed by atoms with Crippen molar-refractivity contribution in [3.05, 3.63) is 82.9 Å². The van der Waals surface area contributed by atoms with E-state index in [1.807, 2.05) is 6.92 Å². The largest absolute Gasteiger partial charge is 0.494 e. The Hall–Kier alpha value is -4.18. The van der Waals surface area contributed by atoms with Crippen LogP contribution in [-0.2, 0) is 10.0 Å². The highest BCUT2D eigenvalue weighted by Crippen LogP contribution is 2.30. The molecule has 35 heavy (non-hydrogen) atoms. The molecule has 1 aliphatic heterocycles. The van der Waals surface area contributed by atoms with Gasteiger partial charge in [-0.2, -0.15) is 0 Å². The smallest absolute Gasteiger partial charge is 0.266 e. The van der Waals surface area contributed by atoms with Crippen molar-refractivity contribution in [1.29, 1.82) is 0 Å². The average Bonchev–Trinajstić information content (AvgIpc) is 3.05. The molecule has 4 rings (SSSR count). The molecule has 0 aromatic heterocycles. The molecule has 0 aliphatic carbocycles. The van der Waals surface area contributed by atoms with Crippen LogP contribution >= 0.6 is 0 Å². The Labute approximate surface area is 202 Å². The topological polar surface area (TPSA) is 122 Å². The van der Waals surface area contributed by atoms with E-state index in [1.54, 1.807) is 43.3 Å². The monoisotopic (exact) mass is 493 g/mol. The summed E-state index contributed by atoms with van der Waals surface area (Å²) in [7, 11) is -3.49. The molecule has 9 nitrogen and oxygen atoms in total. The quantitative estimate of drug-likeness (QED) is 0.483. The first kappa shape index (κ1) is 24.0. The lowest BCUT2D eigenvalue weighted by Crippen LogP contribution is -2.29. The molecular formula is C25H23N3O6S. The third-order valence-corrected chi connectivity index (χ3v) is 5.94. The molecule has 1 heterocycles. The van der Waals surface area contributed by atoms with Crippen molar-refractivity contribution in [2.45, 2.75) is 13.8 Å². The van der Waals surface area contributed by atoms with E-state index in [0.717, 1.165) is 11.2 Å². The van der Waals surface area contributed by atoms with Gasteiger partial charge in [-0.3, -0.25) is 19.1 Å². The second-order valence-electron chi connectivity index (χ2n) is 7.99. The summed E-state index contributed by atoms with van der Waals surface area (Å²) < 4.78 is 31.0. The number of carbonyl (C=O) groups is 3. The minimum Gasteiger partial charge on any atom is -0.494 e. The van der Waals surface area contributed by atoms with Crippen molar-refractivity contribution in [2.24, 2.45) is 0 Å². The predicted molar refractivity (Wildman–Crippen MR) is 133 cm³/mol. The highest BCUT2D eigenvalue weighted by atomic mass is 32.2. The summed E-state index contributed by atoms with van der Waals surface area (Å²) in [6.07, 6.45) is 1.04. The number of carbonyl (C=O) groups excluding carboxylic acids is 3. The first-order chi connectivity index (χ1) is 16.6. The summed E-state index contributed by atoms with van der Waals surface area (Å²) in [5.41, 5.74) is 2.30. The zero-order valence-electron chi connectivity index (χ0n) is 19.3. The first-order valence-corrected chi connectivity index (χ1v) is 12.6. The van der Waals surface area contributed by atoms with Crippen LogP contribution in [0.15, 0.2) is 60.7 Å². The van der Waals surface area contributed by atoms with E-state index in [1.165, 1.54) is 24.3 Å². The molecule has 0 fully saturated rings. The third-order valence-electron chi connectivity index (χ3n) is 5.35. The number of anilines is 3. The van der Waals surface area contributed by atoms with E-state index in [2.05, 4.69) is 10.0 Å². The van der Waals surface area contributed by atoms with E-state index in [0.29, 0.717) is 35.0 Å². The molecule has 1 aliphatic rings. The second-order valence-corrected chi connectivity index (χ2v) is 9.74. The van der Waals surface area contributed by atoms with Crippen molar-refractivity contribution in [3.63, 3.8) is 0 Å². The number of nitrogens with zero attached hydrogens (tertiary/aromatic N) is 1. The minimum atomic E-state index is -3.49. The van der Waals surface area contributed by atoms with Gasteiger partial charge < -0.3 is 10.1 Å². The number of rotatable bonds is 7. The molecule has 0 unspecified atom stereocenters. The predicted octanol–water partition coefficient (Wildman–Crippen LogP) is 3.82. The number of imide groups is 1. The molecule has 0 radical (unpaired) electrons. The SMILES string of the molecule is CCOc1ccc(N2C(=O)c3ccc(C(=O)Nc4ccc(C)c(NS(C)(=O)=O)c4)cc3C2=O)cc1. The first-order valence-electron chi connectivity index (χ1n) is 10.7. The van der Waals surface area contributed by atoms with Gasteiger partial charge in [0.15, 0.2) is 0 Å². The van der Waals surface area contributed by atoms with Gasteiger partial charge in [0, 0.05) is 11.3 Å². The average molecular weight is 494 g/mol. The Morgan fingerprint density at radius 2 is 1.63 bits per heavy atom. The van der Waals surface area contributed by atoms with Crippen molar-refractivity contribution >= 4 is 44.8 Å². The van der Waals surface area contributed by atoms with Crippen LogP contribution in [0.2, 0.25) is 0 Å². The molecule has 0 saturated carbocycles. The normalized spacial score (nSPS) is 12.9. The summed E-state index contributed by atoms with van der Waals surface area (Å²) >= 11 is 0. The summed E-state index contributed by atoms with van der Waals surface area (Å²) in [5, 5.41) is 2.69. The summed E-state index contributed by atoms with van der Waals surface area (Å²) in [6, 6.07) is 15.7. The van der Waals surface area contributed by atoms with Crippen LogP contribution in [0.5, 0.6) is 5.75 Å². The molecule has 0 atom stereocenters. The molecular weight excluding hydrogens is 470 g/mol. The van der Waals surface area contributed by atoms with Gasteiger partial charge in [0.2, 0.25) is 10.0 Å². The minimum absolute atomic E-state index is 0.125. The van der Waals surface area contributed by atoms with E-state index in [4.69, 9.17) is 4.74 Å². The zero-order valence-corrected chi connectivity index (χ0v) is 20.1. The van der Waals surface area contributed by atoms with E-state index < -0.39 is 27.7 Å².